The summed E-state index contributed by atoms with van der Waals surface area (Å²) in [4.78, 5) is 33.1. The smallest absolute Gasteiger partial charge is 0.312 e. The molecule has 1 aromatic carbocycles. The third-order valence-corrected chi connectivity index (χ3v) is 6.05. The number of nitrogens with zero attached hydrogens (tertiary/aromatic N) is 5. The van der Waals surface area contributed by atoms with Gasteiger partial charge in [-0.05, 0) is 31.9 Å². The molecule has 0 radical (unpaired) electrons. The number of aromatic nitrogens is 4. The van der Waals surface area contributed by atoms with E-state index in [9.17, 15) is 9.59 Å². The summed E-state index contributed by atoms with van der Waals surface area (Å²) in [6.07, 6.45) is 6.31. The van der Waals surface area contributed by atoms with Crippen LogP contribution in [0.5, 0.6) is 0 Å². The first-order chi connectivity index (χ1) is 14.5. The molecule has 160 valence electrons. The molecule has 7 heteroatoms. The molecule has 0 unspecified atom stereocenters. The minimum absolute atomic E-state index is 0.215. The van der Waals surface area contributed by atoms with Crippen molar-refractivity contribution in [2.45, 2.75) is 65.5 Å². The number of aryl methyl sites for hydroxylation is 3. The largest absolute Gasteiger partial charge is 0.332 e. The SMILES string of the molecule is CCCCCCCn1c(=O)c2c(nc3n2CCCN3c2ccc(C)cc2)n(C)c1=O. The second kappa shape index (κ2) is 8.50. The topological polar surface area (TPSA) is 65.1 Å². The summed E-state index contributed by atoms with van der Waals surface area (Å²) >= 11 is 0. The van der Waals surface area contributed by atoms with Gasteiger partial charge >= 0.3 is 5.69 Å². The summed E-state index contributed by atoms with van der Waals surface area (Å²) in [6.45, 7) is 6.28. The summed E-state index contributed by atoms with van der Waals surface area (Å²) in [5.74, 6) is 0.743. The van der Waals surface area contributed by atoms with Gasteiger partial charge in [0, 0.05) is 32.4 Å². The van der Waals surface area contributed by atoms with Crippen LogP contribution in [0.15, 0.2) is 33.9 Å². The van der Waals surface area contributed by atoms with Gasteiger partial charge in [-0.25, -0.2) is 4.79 Å². The van der Waals surface area contributed by atoms with Crippen molar-refractivity contribution < 1.29 is 0 Å². The van der Waals surface area contributed by atoms with Crippen LogP contribution >= 0.6 is 0 Å². The predicted molar refractivity (Wildman–Crippen MR) is 121 cm³/mol. The molecule has 0 fully saturated rings. The standard InChI is InChI=1S/C23H31N5O2/c1-4-5-6-7-8-14-28-21(29)19-20(25(3)23(28)30)24-22-26(15-9-16-27(19)22)18-12-10-17(2)11-13-18/h10-13H,4-9,14-16H2,1-3H3. The highest BCUT2D eigenvalue weighted by molar-refractivity contribution is 5.77. The molecule has 0 saturated carbocycles. The summed E-state index contributed by atoms with van der Waals surface area (Å²) < 4.78 is 4.92. The minimum Gasteiger partial charge on any atom is -0.312 e. The molecule has 0 aliphatic carbocycles. The van der Waals surface area contributed by atoms with Gasteiger partial charge in [0.2, 0.25) is 5.95 Å². The number of rotatable bonds is 7. The highest BCUT2D eigenvalue weighted by atomic mass is 16.2. The summed E-state index contributed by atoms with van der Waals surface area (Å²) in [5, 5.41) is 0. The van der Waals surface area contributed by atoms with E-state index in [1.165, 1.54) is 27.5 Å². The quantitative estimate of drug-likeness (QED) is 0.558. The van der Waals surface area contributed by atoms with E-state index in [0.29, 0.717) is 17.7 Å². The van der Waals surface area contributed by atoms with Gasteiger partial charge in [-0.3, -0.25) is 13.9 Å². The van der Waals surface area contributed by atoms with Crippen LogP contribution in [0.1, 0.15) is 51.0 Å². The molecule has 3 heterocycles. The van der Waals surface area contributed by atoms with Crippen LogP contribution in [-0.4, -0.2) is 25.2 Å². The Morgan fingerprint density at radius 1 is 1.00 bits per heavy atom. The molecule has 0 spiro atoms. The van der Waals surface area contributed by atoms with Crippen molar-refractivity contribution >= 4 is 22.8 Å². The van der Waals surface area contributed by atoms with Gasteiger partial charge in [-0.2, -0.15) is 4.98 Å². The highest BCUT2D eigenvalue weighted by Gasteiger charge is 2.26. The first kappa shape index (κ1) is 20.4. The fourth-order valence-electron chi connectivity index (χ4n) is 4.30. The van der Waals surface area contributed by atoms with Crippen LogP contribution < -0.4 is 16.1 Å². The van der Waals surface area contributed by atoms with Crippen LogP contribution in [0, 0.1) is 6.92 Å². The van der Waals surface area contributed by atoms with Crippen LogP contribution in [0.3, 0.4) is 0 Å². The lowest BCUT2D eigenvalue weighted by Gasteiger charge is -2.29. The molecule has 7 nitrogen and oxygen atoms in total. The molecule has 0 N–H and O–H groups in total. The lowest BCUT2D eigenvalue weighted by molar-refractivity contribution is 0.529. The first-order valence-corrected chi connectivity index (χ1v) is 11.1. The monoisotopic (exact) mass is 409 g/mol. The second-order valence-electron chi connectivity index (χ2n) is 8.29. The lowest BCUT2D eigenvalue weighted by Crippen LogP contribution is -2.40. The maximum absolute atomic E-state index is 13.3. The van der Waals surface area contributed by atoms with E-state index in [0.717, 1.165) is 50.4 Å². The zero-order valence-corrected chi connectivity index (χ0v) is 18.2. The van der Waals surface area contributed by atoms with Crippen molar-refractivity contribution in [3.63, 3.8) is 0 Å². The predicted octanol–water partition coefficient (Wildman–Crippen LogP) is 3.72. The third-order valence-electron chi connectivity index (χ3n) is 6.05. The molecule has 1 aliphatic heterocycles. The molecule has 1 aliphatic rings. The summed E-state index contributed by atoms with van der Waals surface area (Å²) in [7, 11) is 1.72. The highest BCUT2D eigenvalue weighted by Crippen LogP contribution is 2.31. The van der Waals surface area contributed by atoms with E-state index in [1.807, 2.05) is 4.57 Å². The van der Waals surface area contributed by atoms with E-state index in [1.54, 1.807) is 7.05 Å². The molecule has 30 heavy (non-hydrogen) atoms. The first-order valence-electron chi connectivity index (χ1n) is 11.1. The molecular weight excluding hydrogens is 378 g/mol. The van der Waals surface area contributed by atoms with Crippen molar-refractivity contribution in [1.29, 1.82) is 0 Å². The van der Waals surface area contributed by atoms with Crippen LogP contribution in [0.2, 0.25) is 0 Å². The molecule has 2 aromatic heterocycles. The lowest BCUT2D eigenvalue weighted by atomic mass is 10.1. The molecule has 4 rings (SSSR count). The van der Waals surface area contributed by atoms with E-state index < -0.39 is 0 Å². The molecule has 0 atom stereocenters. The molecule has 0 saturated heterocycles. The number of imidazole rings is 1. The molecule has 0 bridgehead atoms. The molecule has 3 aromatic rings. The summed E-state index contributed by atoms with van der Waals surface area (Å²) in [5.41, 5.74) is 2.78. The van der Waals surface area contributed by atoms with Crippen molar-refractivity contribution in [2.75, 3.05) is 11.4 Å². The van der Waals surface area contributed by atoms with E-state index in [-0.39, 0.29) is 11.2 Å². The number of hydrogen-bond acceptors (Lipinski definition) is 4. The van der Waals surface area contributed by atoms with Crippen LogP contribution in [-0.2, 0) is 20.1 Å². The Balaban J connectivity index is 1.76. The van der Waals surface area contributed by atoms with Gasteiger partial charge in [0.05, 0.1) is 0 Å². The van der Waals surface area contributed by atoms with Crippen LogP contribution in [0.4, 0.5) is 11.6 Å². The Bertz CT molecular complexity index is 1150. The zero-order valence-electron chi connectivity index (χ0n) is 18.2. The van der Waals surface area contributed by atoms with Gasteiger partial charge < -0.3 is 9.47 Å². The Morgan fingerprint density at radius 3 is 2.47 bits per heavy atom. The maximum Gasteiger partial charge on any atom is 0.332 e. The van der Waals surface area contributed by atoms with Gasteiger partial charge in [0.25, 0.3) is 5.56 Å². The number of fused-ring (bicyclic) bond motifs is 3. The van der Waals surface area contributed by atoms with Crippen molar-refractivity contribution in [3.05, 3.63) is 50.7 Å². The minimum atomic E-state index is -0.277. The van der Waals surface area contributed by atoms with Gasteiger partial charge in [0.15, 0.2) is 11.2 Å². The number of hydrogen-bond donors (Lipinski definition) is 0. The zero-order chi connectivity index (χ0) is 21.3. The number of benzene rings is 1. The summed E-state index contributed by atoms with van der Waals surface area (Å²) in [6, 6.07) is 8.33. The van der Waals surface area contributed by atoms with Crippen LogP contribution in [0.25, 0.3) is 11.2 Å². The van der Waals surface area contributed by atoms with E-state index in [4.69, 9.17) is 4.98 Å². The van der Waals surface area contributed by atoms with Gasteiger partial charge in [-0.1, -0.05) is 50.3 Å². The second-order valence-corrected chi connectivity index (χ2v) is 8.29. The molecule has 0 amide bonds. The Labute approximate surface area is 176 Å². The number of anilines is 2. The average molecular weight is 410 g/mol. The van der Waals surface area contributed by atoms with Crippen molar-refractivity contribution in [2.24, 2.45) is 7.05 Å². The fraction of sp³-hybridized carbons (Fsp3) is 0.522. The van der Waals surface area contributed by atoms with Crippen molar-refractivity contribution in [3.8, 4) is 0 Å². The van der Waals surface area contributed by atoms with Crippen molar-refractivity contribution in [1.82, 2.24) is 18.7 Å². The third kappa shape index (κ3) is 3.57. The Kier molecular flexibility index (Phi) is 5.79. The van der Waals surface area contributed by atoms with Gasteiger partial charge in [0.1, 0.15) is 0 Å². The number of unbranched alkanes of at least 4 members (excludes halogenated alkanes) is 4. The molecular formula is C23H31N5O2. The fourth-order valence-corrected chi connectivity index (χ4v) is 4.30. The maximum atomic E-state index is 13.3. The Hall–Kier alpha value is -2.83. The van der Waals surface area contributed by atoms with E-state index >= 15 is 0 Å². The Morgan fingerprint density at radius 2 is 1.73 bits per heavy atom. The van der Waals surface area contributed by atoms with Gasteiger partial charge in [-0.15, -0.1) is 0 Å². The van der Waals surface area contributed by atoms with E-state index in [2.05, 4.69) is 43.0 Å². The normalized spacial score (nSPS) is 13.8. The average Bonchev–Trinajstić information content (AvgIpc) is 3.15.